The Kier molecular flexibility index (Phi) is 4.47. The van der Waals surface area contributed by atoms with Crippen LogP contribution in [-0.4, -0.2) is 16.6 Å². The summed E-state index contributed by atoms with van der Waals surface area (Å²) in [5, 5.41) is 13.4. The molecule has 1 N–H and O–H groups in total. The lowest BCUT2D eigenvalue weighted by atomic mass is 10.1. The third-order valence-corrected chi connectivity index (χ3v) is 2.25. The van der Waals surface area contributed by atoms with Gasteiger partial charge in [-0.1, -0.05) is 11.6 Å². The number of carbonyl (C=O) groups excluding carboxylic acids is 1. The Morgan fingerprint density at radius 2 is 2.05 bits per heavy atom. The lowest BCUT2D eigenvalue weighted by Crippen LogP contribution is -2.32. The highest BCUT2D eigenvalue weighted by Gasteiger charge is 2.18. The topological polar surface area (TPSA) is 81.5 Å². The molecule has 0 bridgehead atoms. The Labute approximate surface area is 111 Å². The summed E-state index contributed by atoms with van der Waals surface area (Å²) in [6.07, 6.45) is -0.594. The van der Waals surface area contributed by atoms with E-state index in [9.17, 15) is 14.9 Å². The predicted octanol–water partition coefficient (Wildman–Crippen LogP) is 2.93. The van der Waals surface area contributed by atoms with Crippen LogP contribution in [0.5, 0.6) is 0 Å². The summed E-state index contributed by atoms with van der Waals surface area (Å²) >= 11 is 0. The number of nitro groups is 1. The van der Waals surface area contributed by atoms with E-state index in [-0.39, 0.29) is 12.2 Å². The molecule has 1 aromatic carbocycles. The molecule has 0 spiro atoms. The van der Waals surface area contributed by atoms with Crippen LogP contribution in [0.15, 0.2) is 18.2 Å². The Bertz CT molecular complexity index is 492. The second-order valence-corrected chi connectivity index (χ2v) is 5.24. The normalized spacial score (nSPS) is 10.9. The molecule has 1 rings (SSSR count). The third kappa shape index (κ3) is 4.95. The summed E-state index contributed by atoms with van der Waals surface area (Å²) in [5.74, 6) is 0. The number of nitro benzene ring substituents is 1. The van der Waals surface area contributed by atoms with Crippen molar-refractivity contribution < 1.29 is 14.5 Å². The molecular formula is C13H18N2O4. The molecule has 0 unspecified atom stereocenters. The van der Waals surface area contributed by atoms with Crippen LogP contribution in [0, 0.1) is 17.0 Å². The van der Waals surface area contributed by atoms with Gasteiger partial charge in [0.25, 0.3) is 5.69 Å². The molecule has 1 aromatic rings. The van der Waals surface area contributed by atoms with Gasteiger partial charge in [0.05, 0.1) is 11.5 Å². The van der Waals surface area contributed by atoms with E-state index < -0.39 is 16.6 Å². The van der Waals surface area contributed by atoms with Crippen molar-refractivity contribution >= 4 is 11.8 Å². The highest BCUT2D eigenvalue weighted by molar-refractivity contribution is 5.68. The number of carbonyl (C=O) groups is 1. The summed E-state index contributed by atoms with van der Waals surface area (Å²) in [7, 11) is 0. The summed E-state index contributed by atoms with van der Waals surface area (Å²) in [6.45, 7) is 7.15. The van der Waals surface area contributed by atoms with Crippen molar-refractivity contribution in [2.75, 3.05) is 0 Å². The van der Waals surface area contributed by atoms with E-state index in [2.05, 4.69) is 5.32 Å². The fraction of sp³-hybridized carbons (Fsp3) is 0.462. The molecule has 19 heavy (non-hydrogen) atoms. The van der Waals surface area contributed by atoms with Gasteiger partial charge in [0, 0.05) is 11.6 Å². The van der Waals surface area contributed by atoms with E-state index in [1.807, 2.05) is 6.92 Å². The third-order valence-electron chi connectivity index (χ3n) is 2.25. The average molecular weight is 266 g/mol. The molecule has 0 aliphatic carbocycles. The van der Waals surface area contributed by atoms with E-state index >= 15 is 0 Å². The van der Waals surface area contributed by atoms with Crippen LogP contribution >= 0.6 is 0 Å². The maximum absolute atomic E-state index is 11.5. The molecule has 0 radical (unpaired) electrons. The van der Waals surface area contributed by atoms with Gasteiger partial charge in [-0.05, 0) is 33.8 Å². The van der Waals surface area contributed by atoms with Gasteiger partial charge in [-0.25, -0.2) is 4.79 Å². The van der Waals surface area contributed by atoms with Crippen molar-refractivity contribution in [3.63, 3.8) is 0 Å². The van der Waals surface area contributed by atoms with Crippen molar-refractivity contribution in [2.45, 2.75) is 39.8 Å². The number of rotatable bonds is 3. The molecule has 0 heterocycles. The molecule has 0 aromatic heterocycles. The van der Waals surface area contributed by atoms with Gasteiger partial charge in [0.15, 0.2) is 0 Å². The van der Waals surface area contributed by atoms with Crippen molar-refractivity contribution in [1.82, 2.24) is 5.32 Å². The van der Waals surface area contributed by atoms with Crippen molar-refractivity contribution in [3.05, 3.63) is 39.4 Å². The van der Waals surface area contributed by atoms with Crippen LogP contribution in [0.2, 0.25) is 0 Å². The number of alkyl carbamates (subject to hydrolysis) is 1. The molecule has 0 aliphatic rings. The highest BCUT2D eigenvalue weighted by atomic mass is 16.6. The van der Waals surface area contributed by atoms with E-state index in [4.69, 9.17) is 4.74 Å². The van der Waals surface area contributed by atoms with E-state index in [1.165, 1.54) is 6.07 Å². The van der Waals surface area contributed by atoms with Gasteiger partial charge in [-0.2, -0.15) is 0 Å². The zero-order valence-electron chi connectivity index (χ0n) is 11.5. The van der Waals surface area contributed by atoms with E-state index in [0.29, 0.717) is 5.56 Å². The Balaban J connectivity index is 2.75. The molecule has 0 saturated carbocycles. The molecule has 6 heteroatoms. The van der Waals surface area contributed by atoms with Crippen LogP contribution in [0.3, 0.4) is 0 Å². The number of amides is 1. The van der Waals surface area contributed by atoms with Gasteiger partial charge in [0.2, 0.25) is 0 Å². The fourth-order valence-electron chi connectivity index (χ4n) is 1.52. The number of nitrogens with zero attached hydrogens (tertiary/aromatic N) is 1. The molecule has 0 fully saturated rings. The number of benzene rings is 1. The first-order chi connectivity index (χ1) is 8.69. The second-order valence-electron chi connectivity index (χ2n) is 5.24. The predicted molar refractivity (Wildman–Crippen MR) is 70.9 cm³/mol. The SMILES string of the molecule is Cc1ccc([N+](=O)[O-])c(CNC(=O)OC(C)(C)C)c1. The van der Waals surface area contributed by atoms with Crippen molar-refractivity contribution in [3.8, 4) is 0 Å². The molecule has 0 saturated heterocycles. The minimum atomic E-state index is -0.595. The van der Waals surface area contributed by atoms with Gasteiger partial charge < -0.3 is 10.1 Å². The maximum Gasteiger partial charge on any atom is 0.407 e. The monoisotopic (exact) mass is 266 g/mol. The van der Waals surface area contributed by atoms with Crippen molar-refractivity contribution in [2.24, 2.45) is 0 Å². The van der Waals surface area contributed by atoms with E-state index in [0.717, 1.165) is 5.56 Å². The number of aryl methyl sites for hydroxylation is 1. The smallest absolute Gasteiger partial charge is 0.407 e. The van der Waals surface area contributed by atoms with Gasteiger partial charge in [-0.3, -0.25) is 10.1 Å². The maximum atomic E-state index is 11.5. The zero-order valence-corrected chi connectivity index (χ0v) is 11.5. The Morgan fingerprint density at radius 3 is 2.58 bits per heavy atom. The largest absolute Gasteiger partial charge is 0.444 e. The lowest BCUT2D eigenvalue weighted by molar-refractivity contribution is -0.385. The van der Waals surface area contributed by atoms with Gasteiger partial charge in [0.1, 0.15) is 5.60 Å². The van der Waals surface area contributed by atoms with Crippen LogP contribution in [0.25, 0.3) is 0 Å². The number of hydrogen-bond donors (Lipinski definition) is 1. The number of nitrogens with one attached hydrogen (secondary N) is 1. The second kappa shape index (κ2) is 5.69. The summed E-state index contributed by atoms with van der Waals surface area (Å²) in [5.41, 5.74) is 0.743. The average Bonchev–Trinajstić information content (AvgIpc) is 2.23. The molecule has 104 valence electrons. The molecule has 0 atom stereocenters. The van der Waals surface area contributed by atoms with Crippen LogP contribution in [-0.2, 0) is 11.3 Å². The van der Waals surface area contributed by atoms with Crippen molar-refractivity contribution in [1.29, 1.82) is 0 Å². The lowest BCUT2D eigenvalue weighted by Gasteiger charge is -2.19. The van der Waals surface area contributed by atoms with Crippen LogP contribution < -0.4 is 5.32 Å². The first-order valence-electron chi connectivity index (χ1n) is 5.90. The zero-order chi connectivity index (χ0) is 14.6. The van der Waals surface area contributed by atoms with Crippen LogP contribution in [0.1, 0.15) is 31.9 Å². The quantitative estimate of drug-likeness (QED) is 0.673. The minimum absolute atomic E-state index is 0.0124. The van der Waals surface area contributed by atoms with Gasteiger partial charge >= 0.3 is 6.09 Å². The van der Waals surface area contributed by atoms with E-state index in [1.54, 1.807) is 32.9 Å². The molecule has 1 amide bonds. The standard InChI is InChI=1S/C13H18N2O4/c1-9-5-6-11(15(17)18)10(7-9)8-14-12(16)19-13(2,3)4/h5-7H,8H2,1-4H3,(H,14,16). The highest BCUT2D eigenvalue weighted by Crippen LogP contribution is 2.19. The number of hydrogen-bond acceptors (Lipinski definition) is 4. The summed E-state index contributed by atoms with van der Waals surface area (Å²) in [6, 6.07) is 4.77. The first-order valence-corrected chi connectivity index (χ1v) is 5.90. The molecule has 6 nitrogen and oxygen atoms in total. The van der Waals surface area contributed by atoms with Crippen LogP contribution in [0.4, 0.5) is 10.5 Å². The molecule has 0 aliphatic heterocycles. The van der Waals surface area contributed by atoms with Gasteiger partial charge in [-0.15, -0.1) is 0 Å². The Morgan fingerprint density at radius 1 is 1.42 bits per heavy atom. The Hall–Kier alpha value is -2.11. The first kappa shape index (κ1) is 14.9. The number of ether oxygens (including phenoxy) is 1. The minimum Gasteiger partial charge on any atom is -0.444 e. The summed E-state index contributed by atoms with van der Waals surface area (Å²) in [4.78, 5) is 21.9. The summed E-state index contributed by atoms with van der Waals surface area (Å²) < 4.78 is 5.07. The fourth-order valence-corrected chi connectivity index (χ4v) is 1.52. The molecular weight excluding hydrogens is 248 g/mol.